The van der Waals surface area contributed by atoms with Crippen molar-refractivity contribution in [3.63, 3.8) is 0 Å². The number of ether oxygens (including phenoxy) is 1. The van der Waals surface area contributed by atoms with Gasteiger partial charge in [-0.05, 0) is 17.7 Å². The van der Waals surface area contributed by atoms with Gasteiger partial charge in [0.15, 0.2) is 0 Å². The smallest absolute Gasteiger partial charge is 0.330 e. The van der Waals surface area contributed by atoms with Crippen LogP contribution in [-0.4, -0.2) is 38.5 Å². The SMILES string of the molecule is CNC(=O)c1ccc(CC(=O)NC/C=C/C(=O)OC)cc1. The van der Waals surface area contributed by atoms with Crippen LogP contribution < -0.4 is 10.6 Å². The van der Waals surface area contributed by atoms with Crippen LogP contribution in [0, 0.1) is 0 Å². The molecule has 1 aromatic rings. The Balaban J connectivity index is 2.43. The quantitative estimate of drug-likeness (QED) is 0.588. The summed E-state index contributed by atoms with van der Waals surface area (Å²) in [6.45, 7) is 0.254. The van der Waals surface area contributed by atoms with Crippen molar-refractivity contribution in [2.24, 2.45) is 0 Å². The first-order valence-corrected chi connectivity index (χ1v) is 6.39. The molecule has 1 aromatic carbocycles. The van der Waals surface area contributed by atoms with E-state index in [9.17, 15) is 14.4 Å². The van der Waals surface area contributed by atoms with Crippen LogP contribution in [0.4, 0.5) is 0 Å². The molecule has 2 amide bonds. The van der Waals surface area contributed by atoms with Crippen LogP contribution in [0.25, 0.3) is 0 Å². The summed E-state index contributed by atoms with van der Waals surface area (Å²) in [5, 5.41) is 5.17. The van der Waals surface area contributed by atoms with Crippen LogP contribution in [0.1, 0.15) is 15.9 Å². The van der Waals surface area contributed by atoms with E-state index >= 15 is 0 Å². The maximum absolute atomic E-state index is 11.7. The molecule has 0 aliphatic carbocycles. The third-order valence-electron chi connectivity index (χ3n) is 2.68. The number of nitrogens with one attached hydrogen (secondary N) is 2. The van der Waals surface area contributed by atoms with Gasteiger partial charge in [-0.2, -0.15) is 0 Å². The Morgan fingerprint density at radius 1 is 1.19 bits per heavy atom. The molecule has 1 rings (SSSR count). The van der Waals surface area contributed by atoms with E-state index in [4.69, 9.17) is 0 Å². The maximum atomic E-state index is 11.7. The van der Waals surface area contributed by atoms with Crippen LogP contribution in [0.5, 0.6) is 0 Å². The second-order valence-electron chi connectivity index (χ2n) is 4.18. The number of esters is 1. The average Bonchev–Trinajstić information content (AvgIpc) is 2.51. The molecule has 0 aliphatic rings. The monoisotopic (exact) mass is 290 g/mol. The van der Waals surface area contributed by atoms with Crippen molar-refractivity contribution in [2.75, 3.05) is 20.7 Å². The van der Waals surface area contributed by atoms with Gasteiger partial charge in [-0.15, -0.1) is 0 Å². The van der Waals surface area contributed by atoms with Crippen molar-refractivity contribution in [1.29, 1.82) is 0 Å². The second kappa shape index (κ2) is 8.52. The molecule has 0 fully saturated rings. The summed E-state index contributed by atoms with van der Waals surface area (Å²) < 4.78 is 4.42. The van der Waals surface area contributed by atoms with Gasteiger partial charge in [0, 0.05) is 25.2 Å². The Hall–Kier alpha value is -2.63. The van der Waals surface area contributed by atoms with E-state index in [1.54, 1.807) is 31.3 Å². The molecule has 0 saturated heterocycles. The highest BCUT2D eigenvalue weighted by Crippen LogP contribution is 2.05. The van der Waals surface area contributed by atoms with Crippen LogP contribution in [0.3, 0.4) is 0 Å². The summed E-state index contributed by atoms with van der Waals surface area (Å²) in [4.78, 5) is 33.8. The largest absolute Gasteiger partial charge is 0.466 e. The van der Waals surface area contributed by atoms with E-state index < -0.39 is 5.97 Å². The topological polar surface area (TPSA) is 84.5 Å². The van der Waals surface area contributed by atoms with Gasteiger partial charge in [0.2, 0.25) is 5.91 Å². The Kier molecular flexibility index (Phi) is 6.67. The number of hydrogen-bond acceptors (Lipinski definition) is 4. The molecule has 0 spiro atoms. The first-order chi connectivity index (χ1) is 10.1. The molecule has 0 aromatic heterocycles. The van der Waals surface area contributed by atoms with Gasteiger partial charge in [0.05, 0.1) is 13.5 Å². The molecule has 0 saturated carbocycles. The van der Waals surface area contributed by atoms with E-state index in [1.165, 1.54) is 19.3 Å². The second-order valence-corrected chi connectivity index (χ2v) is 4.18. The molecule has 112 valence electrons. The van der Waals surface area contributed by atoms with Gasteiger partial charge in [0.25, 0.3) is 5.91 Å². The van der Waals surface area contributed by atoms with Crippen LogP contribution in [-0.2, 0) is 20.7 Å². The lowest BCUT2D eigenvalue weighted by Crippen LogP contribution is -2.25. The molecule has 0 radical (unpaired) electrons. The van der Waals surface area contributed by atoms with Gasteiger partial charge < -0.3 is 15.4 Å². The molecule has 6 nitrogen and oxygen atoms in total. The van der Waals surface area contributed by atoms with E-state index in [0.717, 1.165) is 5.56 Å². The Bertz CT molecular complexity index is 535. The molecule has 2 N–H and O–H groups in total. The highest BCUT2D eigenvalue weighted by Gasteiger charge is 2.05. The standard InChI is InChI=1S/C15H18N2O4/c1-16-15(20)12-7-5-11(6-8-12)10-13(18)17-9-3-4-14(19)21-2/h3-8H,9-10H2,1-2H3,(H,16,20)(H,17,18)/b4-3+. The predicted octanol–water partition coefficient (Wildman–Crippen LogP) is 0.434. The highest BCUT2D eigenvalue weighted by atomic mass is 16.5. The minimum atomic E-state index is -0.464. The lowest BCUT2D eigenvalue weighted by Gasteiger charge is -2.04. The van der Waals surface area contributed by atoms with Crippen molar-refractivity contribution in [3.05, 3.63) is 47.5 Å². The summed E-state index contributed by atoms with van der Waals surface area (Å²) in [6, 6.07) is 6.79. The summed E-state index contributed by atoms with van der Waals surface area (Å²) in [5.41, 5.74) is 1.35. The molecule has 21 heavy (non-hydrogen) atoms. The Morgan fingerprint density at radius 2 is 1.86 bits per heavy atom. The molecule has 0 bridgehead atoms. The van der Waals surface area contributed by atoms with E-state index in [-0.39, 0.29) is 24.8 Å². The first kappa shape index (κ1) is 16.4. The van der Waals surface area contributed by atoms with Gasteiger partial charge in [0.1, 0.15) is 0 Å². The lowest BCUT2D eigenvalue weighted by atomic mass is 10.1. The number of benzene rings is 1. The van der Waals surface area contributed by atoms with Gasteiger partial charge in [-0.1, -0.05) is 18.2 Å². The number of carbonyl (C=O) groups excluding carboxylic acids is 3. The summed E-state index contributed by atoms with van der Waals surface area (Å²) in [7, 11) is 2.85. The van der Waals surface area contributed by atoms with Crippen molar-refractivity contribution in [3.8, 4) is 0 Å². The van der Waals surface area contributed by atoms with Gasteiger partial charge >= 0.3 is 5.97 Å². The summed E-state index contributed by atoms with van der Waals surface area (Å²) >= 11 is 0. The van der Waals surface area contributed by atoms with Crippen molar-refractivity contribution >= 4 is 17.8 Å². The zero-order chi connectivity index (χ0) is 15.7. The average molecular weight is 290 g/mol. The van der Waals surface area contributed by atoms with E-state index in [0.29, 0.717) is 5.56 Å². The lowest BCUT2D eigenvalue weighted by molar-refractivity contribution is -0.134. The van der Waals surface area contributed by atoms with Crippen LogP contribution >= 0.6 is 0 Å². The fraction of sp³-hybridized carbons (Fsp3) is 0.267. The molecule has 0 aliphatic heterocycles. The third kappa shape index (κ3) is 5.90. The third-order valence-corrected chi connectivity index (χ3v) is 2.68. The van der Waals surface area contributed by atoms with E-state index in [1.807, 2.05) is 0 Å². The molecule has 0 unspecified atom stereocenters. The zero-order valence-corrected chi connectivity index (χ0v) is 12.0. The fourth-order valence-corrected chi connectivity index (χ4v) is 1.56. The summed E-state index contributed by atoms with van der Waals surface area (Å²) in [5.74, 6) is -0.801. The highest BCUT2D eigenvalue weighted by molar-refractivity contribution is 5.94. The number of hydrogen-bond donors (Lipinski definition) is 2. The molecule has 6 heteroatoms. The minimum Gasteiger partial charge on any atom is -0.466 e. The Morgan fingerprint density at radius 3 is 2.43 bits per heavy atom. The van der Waals surface area contributed by atoms with Crippen molar-refractivity contribution in [2.45, 2.75) is 6.42 Å². The molecular weight excluding hydrogens is 272 g/mol. The molecular formula is C15H18N2O4. The fourth-order valence-electron chi connectivity index (χ4n) is 1.56. The number of rotatable bonds is 6. The van der Waals surface area contributed by atoms with Gasteiger partial charge in [-0.25, -0.2) is 4.79 Å². The minimum absolute atomic E-state index is 0.168. The van der Waals surface area contributed by atoms with Gasteiger partial charge in [-0.3, -0.25) is 9.59 Å². The van der Waals surface area contributed by atoms with Crippen LogP contribution in [0.2, 0.25) is 0 Å². The molecule has 0 atom stereocenters. The number of carbonyl (C=O) groups is 3. The molecule has 0 heterocycles. The zero-order valence-electron chi connectivity index (χ0n) is 12.0. The predicted molar refractivity (Wildman–Crippen MR) is 77.7 cm³/mol. The van der Waals surface area contributed by atoms with E-state index in [2.05, 4.69) is 15.4 Å². The normalized spacial score (nSPS) is 10.2. The maximum Gasteiger partial charge on any atom is 0.330 e. The number of methoxy groups -OCH3 is 1. The van der Waals surface area contributed by atoms with Crippen LogP contribution in [0.15, 0.2) is 36.4 Å². The summed E-state index contributed by atoms with van der Waals surface area (Å²) in [6.07, 6.45) is 2.97. The first-order valence-electron chi connectivity index (χ1n) is 6.39. The number of amides is 2. The van der Waals surface area contributed by atoms with Crippen molar-refractivity contribution in [1.82, 2.24) is 10.6 Å². The Labute approximate surface area is 123 Å². The van der Waals surface area contributed by atoms with Crippen molar-refractivity contribution < 1.29 is 19.1 Å².